The second-order valence-electron chi connectivity index (χ2n) is 8.90. The molecular formula is C26H24N10O2. The maximum atomic E-state index is 12.6. The molecule has 3 heterocycles. The minimum atomic E-state index is -0.204. The molecule has 4 N–H and O–H groups in total. The molecule has 0 bridgehead atoms. The molecule has 0 saturated heterocycles. The Balaban J connectivity index is 1.24. The second-order valence-corrected chi connectivity index (χ2v) is 8.90. The number of nitrogens with zero attached hydrogens (tertiary/aromatic N) is 7. The summed E-state index contributed by atoms with van der Waals surface area (Å²) < 4.78 is 7.16. The first-order valence-corrected chi connectivity index (χ1v) is 12.0. The zero-order chi connectivity index (χ0) is 26.1. The molecule has 2 unspecified atom stereocenters. The Morgan fingerprint density at radius 2 is 2.00 bits per heavy atom. The number of allylic oxidation sites excluding steroid dienone is 2. The van der Waals surface area contributed by atoms with Crippen LogP contribution in [0.2, 0.25) is 0 Å². The molecule has 1 aliphatic rings. The number of hydrogen-bond donors (Lipinski definition) is 3. The number of carbonyl (C=O) groups is 1. The molecule has 1 amide bonds. The second kappa shape index (κ2) is 9.73. The number of hydrogen-bond acceptors (Lipinski definition) is 9. The van der Waals surface area contributed by atoms with Gasteiger partial charge in [-0.15, -0.1) is 10.2 Å². The first-order valence-electron chi connectivity index (χ1n) is 12.0. The zero-order valence-electron chi connectivity index (χ0n) is 20.4. The third-order valence-corrected chi connectivity index (χ3v) is 6.62. The van der Waals surface area contributed by atoms with Crippen molar-refractivity contribution in [3.63, 3.8) is 0 Å². The molecule has 190 valence electrons. The van der Waals surface area contributed by atoms with Crippen LogP contribution in [0.4, 0.5) is 5.82 Å². The molecule has 12 nitrogen and oxygen atoms in total. The average Bonchev–Trinajstić information content (AvgIpc) is 3.72. The number of benzene rings is 2. The summed E-state index contributed by atoms with van der Waals surface area (Å²) in [5, 5.41) is 22.9. The minimum Gasteiger partial charge on any atom is -0.496 e. The SMILES string of the molecule is COc1ccccc1C(=O)NCc1ccc(-c2nn(C3C=CC(c4nn[nH]n4)C3)c3ncnc(N)c23)cc1. The van der Waals surface area contributed by atoms with Crippen LogP contribution in [0.3, 0.4) is 0 Å². The number of aromatic amines is 1. The number of ether oxygens (including phenoxy) is 1. The van der Waals surface area contributed by atoms with E-state index in [1.807, 2.05) is 35.0 Å². The highest BCUT2D eigenvalue weighted by Gasteiger charge is 2.28. The molecule has 0 spiro atoms. The predicted octanol–water partition coefficient (Wildman–Crippen LogP) is 2.81. The van der Waals surface area contributed by atoms with E-state index in [2.05, 4.69) is 48.1 Å². The maximum Gasteiger partial charge on any atom is 0.255 e. The fourth-order valence-electron chi connectivity index (χ4n) is 4.70. The van der Waals surface area contributed by atoms with Crippen molar-refractivity contribution in [3.05, 3.63) is 84.0 Å². The number of methoxy groups -OCH3 is 1. The van der Waals surface area contributed by atoms with E-state index in [9.17, 15) is 4.79 Å². The van der Waals surface area contributed by atoms with Gasteiger partial charge in [0.1, 0.15) is 23.6 Å². The first-order chi connectivity index (χ1) is 18.6. The monoisotopic (exact) mass is 508 g/mol. The van der Waals surface area contributed by atoms with Gasteiger partial charge in [-0.25, -0.2) is 14.6 Å². The lowest BCUT2D eigenvalue weighted by molar-refractivity contribution is 0.0948. The standard InChI is InChI=1S/C26H24N10O2/c1-38-20-5-3-2-4-19(20)26(37)28-13-15-6-8-16(9-7-15)22-21-23(27)29-14-30-25(21)36(33-22)18-11-10-17(12-18)24-31-34-35-32-24/h2-11,14,17-18H,12-13H2,1H3,(H,28,37)(H2,27,29,30)(H,31,32,34,35). The third-order valence-electron chi connectivity index (χ3n) is 6.62. The van der Waals surface area contributed by atoms with Gasteiger partial charge in [0.15, 0.2) is 11.5 Å². The Morgan fingerprint density at radius 3 is 2.79 bits per heavy atom. The highest BCUT2D eigenvalue weighted by Crippen LogP contribution is 2.37. The van der Waals surface area contributed by atoms with Gasteiger partial charge in [0.2, 0.25) is 0 Å². The van der Waals surface area contributed by atoms with Crippen molar-refractivity contribution < 1.29 is 9.53 Å². The van der Waals surface area contributed by atoms with Crippen molar-refractivity contribution in [2.45, 2.75) is 24.9 Å². The molecule has 0 radical (unpaired) electrons. The Hall–Kier alpha value is -5.13. The number of fused-ring (bicyclic) bond motifs is 1. The highest BCUT2D eigenvalue weighted by atomic mass is 16.5. The van der Waals surface area contributed by atoms with Gasteiger partial charge in [0.05, 0.1) is 24.1 Å². The minimum absolute atomic E-state index is 0.0333. The number of anilines is 1. The van der Waals surface area contributed by atoms with Crippen molar-refractivity contribution in [2.24, 2.45) is 0 Å². The zero-order valence-corrected chi connectivity index (χ0v) is 20.4. The van der Waals surface area contributed by atoms with Gasteiger partial charge in [0, 0.05) is 18.0 Å². The van der Waals surface area contributed by atoms with Crippen LogP contribution >= 0.6 is 0 Å². The Kier molecular flexibility index (Phi) is 5.96. The Bertz CT molecular complexity index is 1630. The van der Waals surface area contributed by atoms with E-state index in [0.29, 0.717) is 46.2 Å². The van der Waals surface area contributed by atoms with E-state index in [-0.39, 0.29) is 17.9 Å². The molecule has 12 heteroatoms. The number of carbonyl (C=O) groups excluding carboxylic acids is 1. The van der Waals surface area contributed by atoms with Crippen LogP contribution in [0, 0.1) is 0 Å². The molecular weight excluding hydrogens is 484 g/mol. The van der Waals surface area contributed by atoms with Crippen molar-refractivity contribution in [1.29, 1.82) is 0 Å². The molecule has 0 fully saturated rings. The van der Waals surface area contributed by atoms with Gasteiger partial charge < -0.3 is 15.8 Å². The topological polar surface area (TPSA) is 162 Å². The number of tetrazole rings is 1. The summed E-state index contributed by atoms with van der Waals surface area (Å²) in [5.41, 5.74) is 9.93. The smallest absolute Gasteiger partial charge is 0.255 e. The number of para-hydroxylation sites is 1. The molecule has 3 aromatic heterocycles. The quantitative estimate of drug-likeness (QED) is 0.281. The van der Waals surface area contributed by atoms with Gasteiger partial charge >= 0.3 is 0 Å². The number of nitrogens with one attached hydrogen (secondary N) is 2. The average molecular weight is 509 g/mol. The molecule has 6 rings (SSSR count). The van der Waals surface area contributed by atoms with Gasteiger partial charge in [0.25, 0.3) is 5.91 Å². The van der Waals surface area contributed by atoms with E-state index in [0.717, 1.165) is 17.5 Å². The fourth-order valence-corrected chi connectivity index (χ4v) is 4.70. The highest BCUT2D eigenvalue weighted by molar-refractivity contribution is 5.98. The first kappa shape index (κ1) is 23.3. The molecule has 38 heavy (non-hydrogen) atoms. The lowest BCUT2D eigenvalue weighted by Gasteiger charge is -2.11. The summed E-state index contributed by atoms with van der Waals surface area (Å²) >= 11 is 0. The van der Waals surface area contributed by atoms with E-state index in [4.69, 9.17) is 15.6 Å². The van der Waals surface area contributed by atoms with Crippen LogP contribution < -0.4 is 15.8 Å². The van der Waals surface area contributed by atoms with Crippen LogP contribution in [0.5, 0.6) is 5.75 Å². The largest absolute Gasteiger partial charge is 0.496 e. The summed E-state index contributed by atoms with van der Waals surface area (Å²) in [4.78, 5) is 21.3. The van der Waals surface area contributed by atoms with E-state index >= 15 is 0 Å². The number of H-pyrrole nitrogens is 1. The molecule has 2 atom stereocenters. The summed E-state index contributed by atoms with van der Waals surface area (Å²) in [7, 11) is 1.54. The fraction of sp³-hybridized carbons (Fsp3) is 0.192. The number of rotatable bonds is 7. The van der Waals surface area contributed by atoms with Crippen LogP contribution in [0.1, 0.15) is 40.1 Å². The van der Waals surface area contributed by atoms with Gasteiger partial charge in [-0.2, -0.15) is 10.3 Å². The number of nitrogen functional groups attached to an aromatic ring is 1. The number of nitrogens with two attached hydrogens (primary N) is 1. The van der Waals surface area contributed by atoms with Gasteiger partial charge in [-0.1, -0.05) is 53.8 Å². The van der Waals surface area contributed by atoms with Crippen molar-refractivity contribution in [3.8, 4) is 17.0 Å². The van der Waals surface area contributed by atoms with Crippen molar-refractivity contribution >= 4 is 22.8 Å². The van der Waals surface area contributed by atoms with Crippen LogP contribution in [-0.4, -0.2) is 53.4 Å². The Morgan fingerprint density at radius 1 is 1.16 bits per heavy atom. The maximum absolute atomic E-state index is 12.6. The van der Waals surface area contributed by atoms with Crippen molar-refractivity contribution in [2.75, 3.05) is 12.8 Å². The van der Waals surface area contributed by atoms with E-state index in [1.54, 1.807) is 25.3 Å². The van der Waals surface area contributed by atoms with E-state index in [1.165, 1.54) is 6.33 Å². The molecule has 0 saturated carbocycles. The lowest BCUT2D eigenvalue weighted by atomic mass is 10.1. The van der Waals surface area contributed by atoms with Gasteiger partial charge in [-0.05, 0) is 24.1 Å². The normalized spacial score (nSPS) is 16.7. The lowest BCUT2D eigenvalue weighted by Crippen LogP contribution is -2.23. The molecule has 2 aromatic carbocycles. The molecule has 5 aromatic rings. The van der Waals surface area contributed by atoms with Crippen LogP contribution in [-0.2, 0) is 6.54 Å². The van der Waals surface area contributed by atoms with Crippen LogP contribution in [0.15, 0.2) is 67.0 Å². The van der Waals surface area contributed by atoms with Gasteiger partial charge in [-0.3, -0.25) is 4.79 Å². The third kappa shape index (κ3) is 4.21. The van der Waals surface area contributed by atoms with Crippen molar-refractivity contribution in [1.82, 2.24) is 45.7 Å². The number of amides is 1. The molecule has 0 aliphatic heterocycles. The Labute approximate surface area is 216 Å². The summed E-state index contributed by atoms with van der Waals surface area (Å²) in [5.74, 6) is 1.36. The van der Waals surface area contributed by atoms with Crippen LogP contribution in [0.25, 0.3) is 22.3 Å². The molecule has 1 aliphatic carbocycles. The summed E-state index contributed by atoms with van der Waals surface area (Å²) in [6, 6.07) is 14.9. The van der Waals surface area contributed by atoms with E-state index < -0.39 is 0 Å². The predicted molar refractivity (Wildman–Crippen MR) is 139 cm³/mol. The summed E-state index contributed by atoms with van der Waals surface area (Å²) in [6.07, 6.45) is 6.30. The number of aromatic nitrogens is 8. The summed E-state index contributed by atoms with van der Waals surface area (Å²) in [6.45, 7) is 0.363.